The van der Waals surface area contributed by atoms with Crippen LogP contribution in [-0.4, -0.2) is 54.2 Å². The van der Waals surface area contributed by atoms with Crippen molar-refractivity contribution < 1.29 is 24.2 Å². The lowest BCUT2D eigenvalue weighted by Crippen LogP contribution is -2.33. The molecule has 2 aliphatic carbocycles. The van der Waals surface area contributed by atoms with Crippen LogP contribution in [0, 0.1) is 23.2 Å². The maximum absolute atomic E-state index is 12.8. The van der Waals surface area contributed by atoms with E-state index in [-0.39, 0.29) is 36.8 Å². The van der Waals surface area contributed by atoms with Crippen LogP contribution in [0.2, 0.25) is 0 Å². The average Bonchev–Trinajstić information content (AvgIpc) is 3.42. The summed E-state index contributed by atoms with van der Waals surface area (Å²) in [6.07, 6.45) is 0.227. The molecular weight excluding hydrogens is 432 g/mol. The van der Waals surface area contributed by atoms with Gasteiger partial charge in [0, 0.05) is 31.5 Å². The Balaban J connectivity index is 1.11. The Morgan fingerprint density at radius 3 is 2.26 bits per heavy atom. The molecular formula is C27H30N2O5. The fraction of sp³-hybridized carbons (Fsp3) is 0.444. The summed E-state index contributed by atoms with van der Waals surface area (Å²) in [5.74, 6) is -1.49. The number of likely N-dealkylation sites (tertiary alicyclic amines) is 1. The number of aliphatic carboxylic acids is 1. The van der Waals surface area contributed by atoms with Crippen LogP contribution in [0.15, 0.2) is 48.5 Å². The highest BCUT2D eigenvalue weighted by Gasteiger charge is 2.51. The highest BCUT2D eigenvalue weighted by molar-refractivity contribution is 5.84. The molecule has 3 atom stereocenters. The first kappa shape index (κ1) is 22.4. The van der Waals surface area contributed by atoms with Crippen LogP contribution in [-0.2, 0) is 14.3 Å². The summed E-state index contributed by atoms with van der Waals surface area (Å²) in [4.78, 5) is 38.4. The van der Waals surface area contributed by atoms with E-state index in [1.54, 1.807) is 4.90 Å². The quantitative estimate of drug-likeness (QED) is 0.682. The van der Waals surface area contributed by atoms with Gasteiger partial charge in [-0.05, 0) is 40.0 Å². The molecule has 1 saturated carbocycles. The fourth-order valence-electron chi connectivity index (χ4n) is 5.59. The first-order valence-corrected chi connectivity index (χ1v) is 11.9. The second-order valence-corrected chi connectivity index (χ2v) is 10.4. The first-order valence-electron chi connectivity index (χ1n) is 11.9. The highest BCUT2D eigenvalue weighted by Crippen LogP contribution is 2.45. The van der Waals surface area contributed by atoms with Gasteiger partial charge in [-0.15, -0.1) is 0 Å². The minimum absolute atomic E-state index is 0.00355. The van der Waals surface area contributed by atoms with Crippen molar-refractivity contribution >= 4 is 18.0 Å². The van der Waals surface area contributed by atoms with Crippen LogP contribution in [0.25, 0.3) is 11.1 Å². The van der Waals surface area contributed by atoms with E-state index in [1.807, 2.05) is 38.1 Å². The third kappa shape index (κ3) is 4.04. The molecule has 1 saturated heterocycles. The van der Waals surface area contributed by atoms with Crippen molar-refractivity contribution in [3.05, 3.63) is 59.7 Å². The Morgan fingerprint density at radius 2 is 1.68 bits per heavy atom. The number of hydrogen-bond donors (Lipinski definition) is 2. The van der Waals surface area contributed by atoms with E-state index in [0.717, 1.165) is 11.1 Å². The number of carbonyl (C=O) groups is 3. The predicted octanol–water partition coefficient (Wildman–Crippen LogP) is 3.73. The number of carboxylic acids is 1. The van der Waals surface area contributed by atoms with Gasteiger partial charge in [0.25, 0.3) is 0 Å². The van der Waals surface area contributed by atoms with Crippen LogP contribution >= 0.6 is 0 Å². The van der Waals surface area contributed by atoms with E-state index in [9.17, 15) is 19.5 Å². The molecule has 0 radical (unpaired) electrons. The van der Waals surface area contributed by atoms with E-state index in [0.29, 0.717) is 19.5 Å². The average molecular weight is 463 g/mol. The maximum atomic E-state index is 12.8. The minimum atomic E-state index is -0.857. The Bertz CT molecular complexity index is 1100. The molecule has 5 rings (SSSR count). The molecule has 178 valence electrons. The molecule has 1 heterocycles. The number of amides is 2. The smallest absolute Gasteiger partial charge is 0.407 e. The Kier molecular flexibility index (Phi) is 5.58. The number of carbonyl (C=O) groups excluding carboxylic acids is 2. The number of benzene rings is 2. The molecule has 34 heavy (non-hydrogen) atoms. The topological polar surface area (TPSA) is 95.9 Å². The number of nitrogens with zero attached hydrogens (tertiary/aromatic N) is 1. The van der Waals surface area contributed by atoms with E-state index >= 15 is 0 Å². The van der Waals surface area contributed by atoms with E-state index in [1.165, 1.54) is 11.1 Å². The Morgan fingerprint density at radius 1 is 1.06 bits per heavy atom. The molecule has 2 fully saturated rings. The third-order valence-electron chi connectivity index (χ3n) is 7.65. The molecule has 7 heteroatoms. The zero-order valence-electron chi connectivity index (χ0n) is 19.5. The van der Waals surface area contributed by atoms with Crippen LogP contribution in [0.1, 0.15) is 37.3 Å². The van der Waals surface area contributed by atoms with Crippen molar-refractivity contribution in [2.75, 3.05) is 26.2 Å². The van der Waals surface area contributed by atoms with Gasteiger partial charge in [0.1, 0.15) is 6.61 Å². The van der Waals surface area contributed by atoms with Crippen molar-refractivity contribution in [2.24, 2.45) is 23.2 Å². The van der Waals surface area contributed by atoms with Crippen molar-refractivity contribution in [3.8, 4) is 11.1 Å². The molecule has 7 nitrogen and oxygen atoms in total. The summed E-state index contributed by atoms with van der Waals surface area (Å²) < 4.78 is 5.57. The SMILES string of the molecule is CC1(C)CN(C(=O)[C@H]2C[C@H]2CNC(=O)OCC2c3ccccc3-c3ccccc32)CC1C(=O)O. The molecule has 2 aromatic carbocycles. The van der Waals surface area contributed by atoms with Crippen molar-refractivity contribution in [1.29, 1.82) is 0 Å². The van der Waals surface area contributed by atoms with Crippen molar-refractivity contribution in [1.82, 2.24) is 10.2 Å². The van der Waals surface area contributed by atoms with E-state index in [4.69, 9.17) is 4.74 Å². The summed E-state index contributed by atoms with van der Waals surface area (Å²) in [6.45, 7) is 5.12. The van der Waals surface area contributed by atoms with Crippen LogP contribution in [0.5, 0.6) is 0 Å². The summed E-state index contributed by atoms with van der Waals surface area (Å²) in [6, 6.07) is 16.4. The summed E-state index contributed by atoms with van der Waals surface area (Å²) in [7, 11) is 0. The number of carboxylic acid groups (broad SMARTS) is 1. The van der Waals surface area contributed by atoms with Gasteiger partial charge in [0.15, 0.2) is 0 Å². The summed E-state index contributed by atoms with van der Waals surface area (Å²) >= 11 is 0. The second kappa shape index (κ2) is 8.46. The molecule has 2 amide bonds. The van der Waals surface area contributed by atoms with E-state index in [2.05, 4.69) is 29.6 Å². The fourth-order valence-corrected chi connectivity index (χ4v) is 5.59. The summed E-state index contributed by atoms with van der Waals surface area (Å²) in [5.41, 5.74) is 4.25. The molecule has 2 aromatic rings. The van der Waals surface area contributed by atoms with Gasteiger partial charge < -0.3 is 20.1 Å². The second-order valence-electron chi connectivity index (χ2n) is 10.4. The predicted molar refractivity (Wildman–Crippen MR) is 126 cm³/mol. The molecule has 0 spiro atoms. The van der Waals surface area contributed by atoms with E-state index < -0.39 is 23.4 Å². The van der Waals surface area contributed by atoms with Gasteiger partial charge in [-0.25, -0.2) is 4.79 Å². The number of alkyl carbamates (subject to hydrolysis) is 1. The zero-order valence-corrected chi connectivity index (χ0v) is 19.5. The number of ether oxygens (including phenoxy) is 1. The lowest BCUT2D eigenvalue weighted by Gasteiger charge is -2.22. The number of hydrogen-bond acceptors (Lipinski definition) is 4. The maximum Gasteiger partial charge on any atom is 0.407 e. The standard InChI is InChI=1S/C27H30N2O5/c1-27(2)15-29(13-23(27)25(31)32)24(30)21-11-16(21)12-28-26(33)34-14-22-19-9-5-3-7-17(19)18-8-4-6-10-20(18)22/h3-10,16,21-23H,11-15H2,1-2H3,(H,28,33)(H,31,32)/t16-,21-,23?/m0/s1. The van der Waals surface area contributed by atoms with Gasteiger partial charge >= 0.3 is 12.1 Å². The number of rotatable bonds is 6. The van der Waals surface area contributed by atoms with Gasteiger partial charge in [-0.2, -0.15) is 0 Å². The van der Waals surface area contributed by atoms with Crippen LogP contribution in [0.3, 0.4) is 0 Å². The van der Waals surface area contributed by atoms with Gasteiger partial charge in [-0.3, -0.25) is 9.59 Å². The van der Waals surface area contributed by atoms with Gasteiger partial charge in [-0.1, -0.05) is 62.4 Å². The number of fused-ring (bicyclic) bond motifs is 3. The largest absolute Gasteiger partial charge is 0.481 e. The minimum Gasteiger partial charge on any atom is -0.481 e. The molecule has 2 N–H and O–H groups in total. The summed E-state index contributed by atoms with van der Waals surface area (Å²) in [5, 5.41) is 12.2. The Hall–Kier alpha value is -3.35. The lowest BCUT2D eigenvalue weighted by atomic mass is 9.82. The molecule has 0 aromatic heterocycles. The molecule has 3 aliphatic rings. The molecule has 1 unspecified atom stereocenters. The third-order valence-corrected chi connectivity index (χ3v) is 7.65. The monoisotopic (exact) mass is 462 g/mol. The highest BCUT2D eigenvalue weighted by atomic mass is 16.5. The van der Waals surface area contributed by atoms with Crippen LogP contribution in [0.4, 0.5) is 4.79 Å². The Labute approximate surface area is 199 Å². The zero-order chi connectivity index (χ0) is 24.0. The molecule has 1 aliphatic heterocycles. The normalized spacial score (nSPS) is 24.3. The molecule has 0 bridgehead atoms. The van der Waals surface area contributed by atoms with Crippen molar-refractivity contribution in [2.45, 2.75) is 26.2 Å². The van der Waals surface area contributed by atoms with Crippen LogP contribution < -0.4 is 5.32 Å². The van der Waals surface area contributed by atoms with Gasteiger partial charge in [0.2, 0.25) is 5.91 Å². The number of nitrogens with one attached hydrogen (secondary N) is 1. The first-order chi connectivity index (χ1) is 16.3. The van der Waals surface area contributed by atoms with Gasteiger partial charge in [0.05, 0.1) is 5.92 Å². The lowest BCUT2D eigenvalue weighted by molar-refractivity contribution is -0.144. The van der Waals surface area contributed by atoms with Crippen molar-refractivity contribution in [3.63, 3.8) is 0 Å².